The van der Waals surface area contributed by atoms with Crippen LogP contribution in [0.15, 0.2) is 35.0 Å². The van der Waals surface area contributed by atoms with E-state index in [9.17, 15) is 4.79 Å². The lowest BCUT2D eigenvalue weighted by Crippen LogP contribution is -2.39. The summed E-state index contributed by atoms with van der Waals surface area (Å²) in [6.45, 7) is 11.9. The first-order valence-electron chi connectivity index (χ1n) is 10.7. The molecule has 1 fully saturated rings. The van der Waals surface area contributed by atoms with Gasteiger partial charge in [-0.2, -0.15) is 0 Å². The molecule has 7 heteroatoms. The predicted octanol–water partition coefficient (Wildman–Crippen LogP) is 4.68. The maximum atomic E-state index is 13.0. The minimum atomic E-state index is -0.0994. The minimum Gasteiger partial charge on any atom is -0.365 e. The van der Waals surface area contributed by atoms with E-state index < -0.39 is 0 Å². The van der Waals surface area contributed by atoms with Gasteiger partial charge in [-0.1, -0.05) is 25.1 Å². The molecule has 7 nitrogen and oxygen atoms in total. The molecule has 160 valence electrons. The molecular formula is C23H31N5O2. The number of anilines is 1. The van der Waals surface area contributed by atoms with Crippen LogP contribution in [0.25, 0.3) is 5.65 Å². The summed E-state index contributed by atoms with van der Waals surface area (Å²) in [5.41, 5.74) is 2.65. The van der Waals surface area contributed by atoms with Gasteiger partial charge in [0.05, 0.1) is 11.4 Å². The second-order valence-corrected chi connectivity index (χ2v) is 9.51. The van der Waals surface area contributed by atoms with Crippen LogP contribution in [0.2, 0.25) is 0 Å². The maximum absolute atomic E-state index is 13.0. The Morgan fingerprint density at radius 1 is 1.30 bits per heavy atom. The van der Waals surface area contributed by atoms with E-state index in [-0.39, 0.29) is 23.3 Å². The van der Waals surface area contributed by atoms with Gasteiger partial charge in [0.15, 0.2) is 0 Å². The average Bonchev–Trinajstić information content (AvgIpc) is 3.32. The van der Waals surface area contributed by atoms with E-state index in [1.807, 2.05) is 43.1 Å². The molecule has 3 aromatic rings. The monoisotopic (exact) mass is 409 g/mol. The molecule has 0 unspecified atom stereocenters. The molecule has 1 N–H and O–H groups in total. The molecule has 1 amide bonds. The van der Waals surface area contributed by atoms with E-state index in [0.717, 1.165) is 42.2 Å². The van der Waals surface area contributed by atoms with Crippen LogP contribution < -0.4 is 5.32 Å². The fourth-order valence-electron chi connectivity index (χ4n) is 3.98. The Morgan fingerprint density at radius 3 is 2.80 bits per heavy atom. The third kappa shape index (κ3) is 4.06. The van der Waals surface area contributed by atoms with E-state index >= 15 is 0 Å². The third-order valence-corrected chi connectivity index (χ3v) is 5.48. The van der Waals surface area contributed by atoms with E-state index in [2.05, 4.69) is 35.6 Å². The largest absolute Gasteiger partial charge is 0.365 e. The Labute approximate surface area is 177 Å². The summed E-state index contributed by atoms with van der Waals surface area (Å²) in [5.74, 6) is 1.64. The Kier molecular flexibility index (Phi) is 5.30. The van der Waals surface area contributed by atoms with Gasteiger partial charge in [0.2, 0.25) is 5.76 Å². The number of hydrogen-bond acceptors (Lipinski definition) is 5. The molecule has 30 heavy (non-hydrogen) atoms. The molecule has 4 rings (SSSR count). The Morgan fingerprint density at radius 2 is 2.10 bits per heavy atom. The molecule has 1 aliphatic rings. The van der Waals surface area contributed by atoms with Crippen molar-refractivity contribution in [1.29, 1.82) is 0 Å². The highest BCUT2D eigenvalue weighted by molar-refractivity contribution is 5.91. The molecule has 0 spiro atoms. The van der Waals surface area contributed by atoms with E-state index in [1.165, 1.54) is 0 Å². The summed E-state index contributed by atoms with van der Waals surface area (Å²) in [6, 6.07) is 7.80. The molecule has 1 aliphatic heterocycles. The lowest BCUT2D eigenvalue weighted by molar-refractivity contribution is 0.0664. The van der Waals surface area contributed by atoms with Gasteiger partial charge < -0.3 is 14.7 Å². The van der Waals surface area contributed by atoms with Crippen molar-refractivity contribution in [1.82, 2.24) is 19.4 Å². The van der Waals surface area contributed by atoms with E-state index in [0.29, 0.717) is 12.3 Å². The molecule has 0 aromatic carbocycles. The van der Waals surface area contributed by atoms with Crippen molar-refractivity contribution in [3.8, 4) is 0 Å². The number of fused-ring (bicyclic) bond motifs is 1. The van der Waals surface area contributed by atoms with Crippen molar-refractivity contribution in [3.63, 3.8) is 0 Å². The number of nitrogens with one attached hydrogen (secondary N) is 1. The second kappa shape index (κ2) is 7.78. The van der Waals surface area contributed by atoms with Crippen molar-refractivity contribution < 1.29 is 9.32 Å². The molecule has 3 aromatic heterocycles. The van der Waals surface area contributed by atoms with Gasteiger partial charge in [0.25, 0.3) is 5.91 Å². The number of rotatable bonds is 4. The quantitative estimate of drug-likeness (QED) is 0.677. The number of nitrogens with zero attached hydrogens (tertiary/aromatic N) is 4. The molecule has 0 radical (unpaired) electrons. The number of hydrogen-bond donors (Lipinski definition) is 1. The predicted molar refractivity (Wildman–Crippen MR) is 117 cm³/mol. The number of piperidine rings is 1. The zero-order valence-corrected chi connectivity index (χ0v) is 18.5. The summed E-state index contributed by atoms with van der Waals surface area (Å²) in [6.07, 6.45) is 3.97. The SMILES string of the molecule is CC(C)c1cc(C(=O)N2CCC[C@@H](c3nc4ccccn4c3NC(C)(C)C)C2)on1. The van der Waals surface area contributed by atoms with Crippen molar-refractivity contribution in [2.24, 2.45) is 0 Å². The van der Waals surface area contributed by atoms with Crippen molar-refractivity contribution in [3.05, 3.63) is 47.6 Å². The van der Waals surface area contributed by atoms with Crippen LogP contribution in [0.3, 0.4) is 0 Å². The second-order valence-electron chi connectivity index (χ2n) is 9.51. The summed E-state index contributed by atoms with van der Waals surface area (Å²) in [5, 5.41) is 7.67. The number of likely N-dealkylation sites (tertiary alicyclic amines) is 1. The molecule has 0 aliphatic carbocycles. The van der Waals surface area contributed by atoms with E-state index in [1.54, 1.807) is 6.07 Å². The van der Waals surface area contributed by atoms with Gasteiger partial charge in [-0.15, -0.1) is 0 Å². The van der Waals surface area contributed by atoms with Gasteiger partial charge >= 0.3 is 0 Å². The molecule has 4 heterocycles. The van der Waals surface area contributed by atoms with Gasteiger partial charge in [0, 0.05) is 36.8 Å². The van der Waals surface area contributed by atoms with Crippen molar-refractivity contribution in [2.75, 3.05) is 18.4 Å². The molecular weight excluding hydrogens is 378 g/mol. The van der Waals surface area contributed by atoms with Crippen LogP contribution in [0.1, 0.15) is 81.2 Å². The highest BCUT2D eigenvalue weighted by Crippen LogP contribution is 2.34. The zero-order valence-electron chi connectivity index (χ0n) is 18.5. The average molecular weight is 410 g/mol. The number of carbonyl (C=O) groups excluding carboxylic acids is 1. The Bertz CT molecular complexity index is 1040. The van der Waals surface area contributed by atoms with Crippen LogP contribution >= 0.6 is 0 Å². The molecule has 1 atom stereocenters. The number of carbonyl (C=O) groups is 1. The zero-order chi connectivity index (χ0) is 21.5. The van der Waals surface area contributed by atoms with Crippen LogP contribution in [0, 0.1) is 0 Å². The minimum absolute atomic E-state index is 0.0896. The Hall–Kier alpha value is -2.83. The van der Waals surface area contributed by atoms with Crippen LogP contribution in [0.4, 0.5) is 5.82 Å². The highest BCUT2D eigenvalue weighted by Gasteiger charge is 2.32. The first kappa shape index (κ1) is 20.4. The molecule has 0 bridgehead atoms. The van der Waals surface area contributed by atoms with Crippen LogP contribution in [-0.4, -0.2) is 44.0 Å². The smallest absolute Gasteiger partial charge is 0.292 e. The normalized spacial score (nSPS) is 17.7. The fraction of sp³-hybridized carbons (Fsp3) is 0.522. The third-order valence-electron chi connectivity index (χ3n) is 5.48. The van der Waals surface area contributed by atoms with Crippen LogP contribution in [-0.2, 0) is 0 Å². The first-order valence-corrected chi connectivity index (χ1v) is 10.7. The van der Waals surface area contributed by atoms with Gasteiger partial charge in [-0.3, -0.25) is 9.20 Å². The van der Waals surface area contributed by atoms with E-state index in [4.69, 9.17) is 9.51 Å². The number of aromatic nitrogens is 3. The van der Waals surface area contributed by atoms with Crippen molar-refractivity contribution >= 4 is 17.4 Å². The van der Waals surface area contributed by atoms with Crippen molar-refractivity contribution in [2.45, 2.75) is 64.8 Å². The summed E-state index contributed by atoms with van der Waals surface area (Å²) in [7, 11) is 0. The lowest BCUT2D eigenvalue weighted by atomic mass is 9.94. The summed E-state index contributed by atoms with van der Waals surface area (Å²) < 4.78 is 7.45. The number of amides is 1. The van der Waals surface area contributed by atoms with Gasteiger partial charge in [-0.05, 0) is 51.7 Å². The standard InChI is InChI=1S/C23H31N5O2/c1-15(2)17-13-18(30-26-17)22(29)27-11-8-9-16(14-27)20-21(25-23(3,4)5)28-12-7-6-10-19(28)24-20/h6-7,10,12-13,15-16,25H,8-9,11,14H2,1-5H3/t16-/m1/s1. The topological polar surface area (TPSA) is 75.7 Å². The number of pyridine rings is 1. The lowest BCUT2D eigenvalue weighted by Gasteiger charge is -2.32. The first-order chi connectivity index (χ1) is 14.2. The van der Waals surface area contributed by atoms with Gasteiger partial charge in [0.1, 0.15) is 11.5 Å². The highest BCUT2D eigenvalue weighted by atomic mass is 16.5. The van der Waals surface area contributed by atoms with Gasteiger partial charge in [-0.25, -0.2) is 4.98 Å². The molecule has 0 saturated carbocycles. The Balaban J connectivity index is 1.62. The summed E-state index contributed by atoms with van der Waals surface area (Å²) in [4.78, 5) is 19.9. The summed E-state index contributed by atoms with van der Waals surface area (Å²) >= 11 is 0. The fourth-order valence-corrected chi connectivity index (χ4v) is 3.98. The maximum Gasteiger partial charge on any atom is 0.292 e. The number of imidazole rings is 1. The van der Waals surface area contributed by atoms with Crippen LogP contribution in [0.5, 0.6) is 0 Å². The molecule has 1 saturated heterocycles.